The van der Waals surface area contributed by atoms with E-state index < -0.39 is 29.0 Å². The van der Waals surface area contributed by atoms with Crippen molar-refractivity contribution in [2.75, 3.05) is 0 Å². The summed E-state index contributed by atoms with van der Waals surface area (Å²) in [5.41, 5.74) is -2.71. The lowest BCUT2D eigenvalue weighted by Crippen LogP contribution is -2.21. The van der Waals surface area contributed by atoms with Crippen LogP contribution in [0, 0.1) is 0 Å². The fourth-order valence-electron chi connectivity index (χ4n) is 2.04. The van der Waals surface area contributed by atoms with Gasteiger partial charge in [0.25, 0.3) is 5.56 Å². The van der Waals surface area contributed by atoms with Crippen molar-refractivity contribution in [2.45, 2.75) is 6.18 Å². The summed E-state index contributed by atoms with van der Waals surface area (Å²) >= 11 is 11.6. The van der Waals surface area contributed by atoms with Crippen molar-refractivity contribution in [2.24, 2.45) is 0 Å². The Bertz CT molecular complexity index is 1000. The van der Waals surface area contributed by atoms with Gasteiger partial charge in [-0.15, -0.1) is 0 Å². The molecule has 10 heteroatoms. The van der Waals surface area contributed by atoms with E-state index in [4.69, 9.17) is 27.9 Å². The molecule has 0 spiro atoms. The van der Waals surface area contributed by atoms with Gasteiger partial charge in [-0.2, -0.15) is 13.2 Å². The number of halogens is 5. The quantitative estimate of drug-likeness (QED) is 0.673. The predicted octanol–water partition coefficient (Wildman–Crippen LogP) is 4.95. The molecule has 0 aliphatic rings. The highest BCUT2D eigenvalue weighted by Crippen LogP contribution is 2.36. The molecule has 1 aromatic carbocycles. The molecule has 0 saturated carbocycles. The van der Waals surface area contributed by atoms with E-state index in [1.807, 2.05) is 0 Å². The molecule has 0 fully saturated rings. The molecule has 134 valence electrons. The number of rotatable bonds is 3. The van der Waals surface area contributed by atoms with Gasteiger partial charge in [0.1, 0.15) is 11.4 Å². The molecule has 3 aromatic rings. The SMILES string of the molecule is O=c1[nH]c(-c2ncccc2Cl)nc(C(F)(F)F)c1Oc1ccc(Cl)cc1. The number of aromatic amines is 1. The maximum absolute atomic E-state index is 13.4. The molecule has 26 heavy (non-hydrogen) atoms. The Balaban J connectivity index is 2.14. The standard InChI is InChI=1S/C16H8Cl2F3N3O2/c17-8-3-5-9(6-4-8)26-12-13(16(19,20)21)23-14(24-15(12)25)11-10(18)2-1-7-22-11/h1-7H,(H,23,24,25). The summed E-state index contributed by atoms with van der Waals surface area (Å²) in [6.07, 6.45) is -3.63. The number of pyridine rings is 1. The molecule has 5 nitrogen and oxygen atoms in total. The van der Waals surface area contributed by atoms with Gasteiger partial charge in [-0.1, -0.05) is 23.2 Å². The molecule has 0 aliphatic carbocycles. The van der Waals surface area contributed by atoms with Crippen molar-refractivity contribution >= 4 is 23.2 Å². The molecule has 0 unspecified atom stereocenters. The van der Waals surface area contributed by atoms with Crippen molar-refractivity contribution in [3.63, 3.8) is 0 Å². The molecule has 2 aromatic heterocycles. The molecule has 2 heterocycles. The zero-order valence-corrected chi connectivity index (χ0v) is 14.2. The predicted molar refractivity (Wildman–Crippen MR) is 89.6 cm³/mol. The normalized spacial score (nSPS) is 11.4. The van der Waals surface area contributed by atoms with Crippen molar-refractivity contribution in [3.8, 4) is 23.0 Å². The summed E-state index contributed by atoms with van der Waals surface area (Å²) in [6, 6.07) is 8.38. The number of hydrogen-bond acceptors (Lipinski definition) is 4. The highest BCUT2D eigenvalue weighted by atomic mass is 35.5. The van der Waals surface area contributed by atoms with E-state index in [-0.39, 0.29) is 16.5 Å². The number of hydrogen-bond donors (Lipinski definition) is 1. The van der Waals surface area contributed by atoms with Gasteiger partial charge in [-0.3, -0.25) is 9.78 Å². The Labute approximate surface area is 154 Å². The van der Waals surface area contributed by atoms with Crippen molar-refractivity contribution < 1.29 is 17.9 Å². The highest BCUT2D eigenvalue weighted by Gasteiger charge is 2.39. The van der Waals surface area contributed by atoms with Crippen LogP contribution < -0.4 is 10.3 Å². The van der Waals surface area contributed by atoms with Crippen LogP contribution >= 0.6 is 23.2 Å². The summed E-state index contributed by atoms with van der Waals surface area (Å²) in [7, 11) is 0. The maximum Gasteiger partial charge on any atom is 0.437 e. The largest absolute Gasteiger partial charge is 0.449 e. The first-order chi connectivity index (χ1) is 12.3. The number of nitrogens with one attached hydrogen (secondary N) is 1. The Hall–Kier alpha value is -2.58. The van der Waals surface area contributed by atoms with E-state index in [2.05, 4.69) is 15.0 Å². The minimum atomic E-state index is -4.94. The Morgan fingerprint density at radius 3 is 2.38 bits per heavy atom. The topological polar surface area (TPSA) is 67.9 Å². The van der Waals surface area contributed by atoms with E-state index in [0.29, 0.717) is 5.02 Å². The van der Waals surface area contributed by atoms with Gasteiger partial charge in [-0.05, 0) is 36.4 Å². The maximum atomic E-state index is 13.4. The van der Waals surface area contributed by atoms with Crippen LogP contribution in [0.2, 0.25) is 10.0 Å². The molecule has 0 bridgehead atoms. The molecular formula is C16H8Cl2F3N3O2. The van der Waals surface area contributed by atoms with Crippen LogP contribution in [0.25, 0.3) is 11.5 Å². The van der Waals surface area contributed by atoms with Crippen LogP contribution in [0.1, 0.15) is 5.69 Å². The molecule has 0 amide bonds. The fourth-order valence-corrected chi connectivity index (χ4v) is 2.38. The van der Waals surface area contributed by atoms with Gasteiger partial charge in [0.15, 0.2) is 11.5 Å². The first-order valence-electron chi connectivity index (χ1n) is 7.01. The molecule has 3 rings (SSSR count). The van der Waals surface area contributed by atoms with E-state index in [1.54, 1.807) is 0 Å². The van der Waals surface area contributed by atoms with Crippen LogP contribution in [0.3, 0.4) is 0 Å². The molecular weight excluding hydrogens is 394 g/mol. The number of benzene rings is 1. The number of H-pyrrole nitrogens is 1. The van der Waals surface area contributed by atoms with Crippen LogP contribution in [-0.2, 0) is 6.18 Å². The molecule has 1 N–H and O–H groups in total. The van der Waals surface area contributed by atoms with Crippen LogP contribution in [0.5, 0.6) is 11.5 Å². The second-order valence-corrected chi connectivity index (χ2v) is 5.82. The van der Waals surface area contributed by atoms with Gasteiger partial charge in [0.05, 0.1) is 5.02 Å². The number of alkyl halides is 3. The van der Waals surface area contributed by atoms with Crippen LogP contribution in [0.15, 0.2) is 47.4 Å². The smallest absolute Gasteiger partial charge is 0.437 e. The second-order valence-electron chi connectivity index (χ2n) is 4.98. The minimum absolute atomic E-state index is 0.00387. The highest BCUT2D eigenvalue weighted by molar-refractivity contribution is 6.32. The zero-order chi connectivity index (χ0) is 18.9. The third kappa shape index (κ3) is 3.81. The van der Waals surface area contributed by atoms with Crippen LogP contribution in [0.4, 0.5) is 13.2 Å². The number of nitrogens with zero attached hydrogens (tertiary/aromatic N) is 2. The average Bonchev–Trinajstić information content (AvgIpc) is 2.58. The first-order valence-corrected chi connectivity index (χ1v) is 7.77. The van der Waals surface area contributed by atoms with Gasteiger partial charge in [0, 0.05) is 11.2 Å². The summed E-state index contributed by atoms with van der Waals surface area (Å²) in [4.78, 5) is 21.8. The van der Waals surface area contributed by atoms with Gasteiger partial charge in [0.2, 0.25) is 5.75 Å². The Kier molecular flexibility index (Phi) is 4.88. The lowest BCUT2D eigenvalue weighted by molar-refractivity contribution is -0.142. The lowest BCUT2D eigenvalue weighted by atomic mass is 10.3. The number of ether oxygens (including phenoxy) is 1. The van der Waals surface area contributed by atoms with Crippen molar-refractivity contribution in [1.29, 1.82) is 0 Å². The van der Waals surface area contributed by atoms with E-state index in [9.17, 15) is 18.0 Å². The average molecular weight is 402 g/mol. The summed E-state index contributed by atoms with van der Waals surface area (Å²) in [5.74, 6) is -1.41. The van der Waals surface area contributed by atoms with E-state index >= 15 is 0 Å². The minimum Gasteiger partial charge on any atom is -0.449 e. The third-order valence-corrected chi connectivity index (χ3v) is 3.72. The second kappa shape index (κ2) is 6.97. The fraction of sp³-hybridized carbons (Fsp3) is 0.0625. The molecule has 0 saturated heterocycles. The zero-order valence-electron chi connectivity index (χ0n) is 12.6. The summed E-state index contributed by atoms with van der Waals surface area (Å²) in [5, 5.41) is 0.399. The van der Waals surface area contributed by atoms with Crippen molar-refractivity contribution in [3.05, 3.63) is 68.7 Å². The Morgan fingerprint density at radius 2 is 1.77 bits per heavy atom. The molecule has 0 radical (unpaired) electrons. The lowest BCUT2D eigenvalue weighted by Gasteiger charge is -2.13. The summed E-state index contributed by atoms with van der Waals surface area (Å²) in [6.45, 7) is 0. The monoisotopic (exact) mass is 401 g/mol. The molecule has 0 aliphatic heterocycles. The van der Waals surface area contributed by atoms with Gasteiger partial charge in [-0.25, -0.2) is 4.98 Å². The Morgan fingerprint density at radius 1 is 1.08 bits per heavy atom. The van der Waals surface area contributed by atoms with E-state index in [1.165, 1.54) is 42.6 Å². The third-order valence-electron chi connectivity index (χ3n) is 3.16. The van der Waals surface area contributed by atoms with E-state index in [0.717, 1.165) is 0 Å². The number of aromatic nitrogens is 3. The summed E-state index contributed by atoms with van der Waals surface area (Å²) < 4.78 is 45.4. The first kappa shape index (κ1) is 18.2. The molecule has 0 atom stereocenters. The van der Waals surface area contributed by atoms with Gasteiger partial charge < -0.3 is 9.72 Å². The van der Waals surface area contributed by atoms with Crippen molar-refractivity contribution in [1.82, 2.24) is 15.0 Å². The van der Waals surface area contributed by atoms with Gasteiger partial charge >= 0.3 is 6.18 Å². The van der Waals surface area contributed by atoms with Crippen LogP contribution in [-0.4, -0.2) is 15.0 Å².